The minimum absolute atomic E-state index is 0.0638. The summed E-state index contributed by atoms with van der Waals surface area (Å²) in [7, 11) is 0. The minimum atomic E-state index is -0.798. The molecule has 0 aliphatic carbocycles. The van der Waals surface area contributed by atoms with Gasteiger partial charge in [0.15, 0.2) is 0 Å². The Labute approximate surface area is 238 Å². The molecule has 0 saturated heterocycles. The number of esters is 1. The van der Waals surface area contributed by atoms with E-state index in [1.807, 2.05) is 12.1 Å². The molecule has 36 heavy (non-hydrogen) atoms. The first kappa shape index (κ1) is 27.5. The summed E-state index contributed by atoms with van der Waals surface area (Å²) in [6, 6.07) is 16.0. The predicted molar refractivity (Wildman–Crippen MR) is 149 cm³/mol. The zero-order chi connectivity index (χ0) is 26.0. The Morgan fingerprint density at radius 2 is 1.44 bits per heavy atom. The summed E-state index contributed by atoms with van der Waals surface area (Å²) in [5.74, 6) is -0.792. The standard InChI is InChI=1S/C26H20Cl5NO3S/c1-2-35-26(34)21-22(17-9-5-14(28)11-19(17)30)32-23(18-10-6-15(29)12-20(18)31)25(24(21)33)36-16-7-3-13(27)4-8-16/h3-12,22-23,25,32-33H,2H2,1H3/t22-,23+,25-/m1/s1. The van der Waals surface area contributed by atoms with Crippen LogP contribution in [0, 0.1) is 0 Å². The number of ether oxygens (including phenoxy) is 1. The second kappa shape index (κ2) is 11.9. The highest BCUT2D eigenvalue weighted by molar-refractivity contribution is 8.00. The van der Waals surface area contributed by atoms with Gasteiger partial charge < -0.3 is 9.84 Å². The normalized spacial score (nSPS) is 19.9. The van der Waals surface area contributed by atoms with E-state index >= 15 is 0 Å². The molecule has 3 aromatic carbocycles. The third-order valence-electron chi connectivity index (χ3n) is 5.63. The molecule has 0 fully saturated rings. The second-order valence-corrected chi connectivity index (χ2v) is 11.3. The lowest BCUT2D eigenvalue weighted by molar-refractivity contribution is -0.139. The molecular weight excluding hydrogens is 584 g/mol. The summed E-state index contributed by atoms with van der Waals surface area (Å²) in [5, 5.41) is 16.7. The number of halogens is 5. The highest BCUT2D eigenvalue weighted by Crippen LogP contribution is 2.47. The van der Waals surface area contributed by atoms with Gasteiger partial charge in [0, 0.05) is 30.0 Å². The Hall–Kier alpha value is -1.57. The Balaban J connectivity index is 1.91. The van der Waals surface area contributed by atoms with Crippen LogP contribution in [0.1, 0.15) is 30.1 Å². The number of carbonyl (C=O) groups is 1. The van der Waals surface area contributed by atoms with Crippen LogP contribution in [0.5, 0.6) is 0 Å². The molecule has 188 valence electrons. The number of hydrogen-bond acceptors (Lipinski definition) is 5. The molecule has 1 aliphatic rings. The summed E-state index contributed by atoms with van der Waals surface area (Å²) < 4.78 is 5.33. The molecular formula is C26H20Cl5NO3S. The van der Waals surface area contributed by atoms with E-state index in [4.69, 9.17) is 62.7 Å². The first-order valence-electron chi connectivity index (χ1n) is 10.9. The average Bonchev–Trinajstić information content (AvgIpc) is 2.82. The van der Waals surface area contributed by atoms with Crippen LogP contribution in [0.2, 0.25) is 25.1 Å². The van der Waals surface area contributed by atoms with E-state index in [0.717, 1.165) is 4.90 Å². The van der Waals surface area contributed by atoms with Crippen molar-refractivity contribution in [1.29, 1.82) is 0 Å². The fourth-order valence-electron chi connectivity index (χ4n) is 4.01. The van der Waals surface area contributed by atoms with Gasteiger partial charge in [-0.2, -0.15) is 0 Å². The van der Waals surface area contributed by atoms with E-state index in [9.17, 15) is 9.90 Å². The summed E-state index contributed by atoms with van der Waals surface area (Å²) in [6.07, 6.45) is 0. The Kier molecular flexibility index (Phi) is 9.05. The first-order valence-corrected chi connectivity index (χ1v) is 13.6. The molecule has 0 amide bonds. The fourth-order valence-corrected chi connectivity index (χ4v) is 6.37. The van der Waals surface area contributed by atoms with Gasteiger partial charge in [0.05, 0.1) is 29.5 Å². The van der Waals surface area contributed by atoms with Crippen molar-refractivity contribution >= 4 is 75.7 Å². The smallest absolute Gasteiger partial charge is 0.339 e. The topological polar surface area (TPSA) is 58.6 Å². The molecule has 2 N–H and O–H groups in total. The molecule has 0 spiro atoms. The minimum Gasteiger partial charge on any atom is -0.510 e. The SMILES string of the molecule is CCOC(=O)C1=C(O)[C@H](Sc2ccc(Cl)cc2)[C@H](c2ccc(Cl)cc2Cl)N[C@@H]1c1ccc(Cl)cc1Cl. The van der Waals surface area contributed by atoms with Crippen LogP contribution in [-0.2, 0) is 9.53 Å². The lowest BCUT2D eigenvalue weighted by atomic mass is 9.87. The maximum Gasteiger partial charge on any atom is 0.339 e. The summed E-state index contributed by atoms with van der Waals surface area (Å²) in [5.41, 5.74) is 1.31. The third kappa shape index (κ3) is 5.94. The third-order valence-corrected chi connectivity index (χ3v) is 8.30. The summed E-state index contributed by atoms with van der Waals surface area (Å²) >= 11 is 32.8. The van der Waals surface area contributed by atoms with Crippen LogP contribution in [0.3, 0.4) is 0 Å². The monoisotopic (exact) mass is 601 g/mol. The highest BCUT2D eigenvalue weighted by Gasteiger charge is 2.43. The number of carbonyl (C=O) groups excluding carboxylic acids is 1. The van der Waals surface area contributed by atoms with Crippen molar-refractivity contribution in [3.63, 3.8) is 0 Å². The summed E-state index contributed by atoms with van der Waals surface area (Å²) in [6.45, 7) is 1.84. The maximum absolute atomic E-state index is 13.1. The van der Waals surface area contributed by atoms with Gasteiger partial charge >= 0.3 is 5.97 Å². The van der Waals surface area contributed by atoms with Crippen LogP contribution in [0.15, 0.2) is 76.9 Å². The Morgan fingerprint density at radius 1 is 0.889 bits per heavy atom. The zero-order valence-electron chi connectivity index (χ0n) is 18.8. The van der Waals surface area contributed by atoms with Crippen LogP contribution >= 0.6 is 69.8 Å². The van der Waals surface area contributed by atoms with E-state index in [1.165, 1.54) is 11.8 Å². The van der Waals surface area contributed by atoms with Gasteiger partial charge in [-0.05, 0) is 66.6 Å². The van der Waals surface area contributed by atoms with Crippen LogP contribution in [0.4, 0.5) is 0 Å². The lowest BCUT2D eigenvalue weighted by Gasteiger charge is -2.38. The predicted octanol–water partition coefficient (Wildman–Crippen LogP) is 8.88. The number of aliphatic hydroxyl groups is 1. The van der Waals surface area contributed by atoms with E-state index in [0.29, 0.717) is 36.2 Å². The molecule has 0 radical (unpaired) electrons. The van der Waals surface area contributed by atoms with E-state index in [-0.39, 0.29) is 17.9 Å². The van der Waals surface area contributed by atoms with Gasteiger partial charge in [-0.15, -0.1) is 11.8 Å². The van der Waals surface area contributed by atoms with Crippen molar-refractivity contribution in [2.24, 2.45) is 0 Å². The molecule has 4 nitrogen and oxygen atoms in total. The Bertz CT molecular complexity index is 1320. The van der Waals surface area contributed by atoms with Crippen LogP contribution in [0.25, 0.3) is 0 Å². The molecule has 4 rings (SSSR count). The van der Waals surface area contributed by atoms with Crippen molar-refractivity contribution in [1.82, 2.24) is 5.32 Å². The largest absolute Gasteiger partial charge is 0.510 e. The average molecular weight is 604 g/mol. The molecule has 10 heteroatoms. The van der Waals surface area contributed by atoms with Crippen molar-refractivity contribution in [2.75, 3.05) is 6.61 Å². The Morgan fingerprint density at radius 3 is 2.00 bits per heavy atom. The maximum atomic E-state index is 13.1. The van der Waals surface area contributed by atoms with Gasteiger partial charge in [-0.25, -0.2) is 4.79 Å². The quantitative estimate of drug-likeness (QED) is 0.276. The first-order chi connectivity index (χ1) is 17.2. The molecule has 0 unspecified atom stereocenters. The molecule has 0 bridgehead atoms. The number of thioether (sulfide) groups is 1. The van der Waals surface area contributed by atoms with Crippen molar-refractivity contribution in [3.8, 4) is 0 Å². The molecule has 0 saturated carbocycles. The van der Waals surface area contributed by atoms with Gasteiger partial charge in [-0.3, -0.25) is 5.32 Å². The van der Waals surface area contributed by atoms with Crippen LogP contribution in [-0.4, -0.2) is 22.9 Å². The molecule has 0 aromatic heterocycles. The van der Waals surface area contributed by atoms with E-state index in [1.54, 1.807) is 55.5 Å². The second-order valence-electron chi connectivity index (χ2n) is 7.92. The van der Waals surface area contributed by atoms with Gasteiger partial charge in [0.25, 0.3) is 0 Å². The number of benzene rings is 3. The zero-order valence-corrected chi connectivity index (χ0v) is 23.4. The lowest BCUT2D eigenvalue weighted by Crippen LogP contribution is -2.43. The number of hydrogen-bond donors (Lipinski definition) is 2. The number of aliphatic hydroxyl groups excluding tert-OH is 1. The van der Waals surface area contributed by atoms with Gasteiger partial charge in [0.2, 0.25) is 0 Å². The van der Waals surface area contributed by atoms with Gasteiger partial charge in [-0.1, -0.05) is 70.1 Å². The van der Waals surface area contributed by atoms with Crippen molar-refractivity contribution in [2.45, 2.75) is 29.2 Å². The van der Waals surface area contributed by atoms with Gasteiger partial charge in [0.1, 0.15) is 5.76 Å². The van der Waals surface area contributed by atoms with Crippen molar-refractivity contribution in [3.05, 3.63) is 108 Å². The number of nitrogens with one attached hydrogen (secondary N) is 1. The fraction of sp³-hybridized carbons (Fsp3) is 0.192. The van der Waals surface area contributed by atoms with E-state index in [2.05, 4.69) is 5.32 Å². The molecule has 1 heterocycles. The van der Waals surface area contributed by atoms with E-state index < -0.39 is 23.3 Å². The molecule has 3 atom stereocenters. The molecule has 3 aromatic rings. The van der Waals surface area contributed by atoms with Crippen molar-refractivity contribution < 1.29 is 14.6 Å². The number of rotatable bonds is 6. The molecule has 1 aliphatic heterocycles. The van der Waals surface area contributed by atoms with Crippen LogP contribution < -0.4 is 5.32 Å². The summed E-state index contributed by atoms with van der Waals surface area (Å²) in [4.78, 5) is 14.0. The highest BCUT2D eigenvalue weighted by atomic mass is 35.5.